The highest BCUT2D eigenvalue weighted by Gasteiger charge is 2.13. The number of aryl methyl sites for hydroxylation is 3. The summed E-state index contributed by atoms with van der Waals surface area (Å²) in [4.78, 5) is 12.5. The van der Waals surface area contributed by atoms with E-state index in [0.29, 0.717) is 5.57 Å². The number of benzene rings is 2. The first-order chi connectivity index (χ1) is 11.0. The van der Waals surface area contributed by atoms with Crippen LogP contribution in [0.4, 0.5) is 5.69 Å². The standard InChI is InChI=1S/C20H19NO2/c1-13-5-7-18(15(3)10-13)21-20(22)17-8-9-23-19-11-14(2)4-6-16(19)12-17/h4-12H,1-3H3,(H,21,22). The fraction of sp³-hybridized carbons (Fsp3) is 0.150. The summed E-state index contributed by atoms with van der Waals surface area (Å²) in [6.45, 7) is 6.03. The molecule has 0 saturated heterocycles. The van der Waals surface area contributed by atoms with Crippen molar-refractivity contribution in [3.05, 3.63) is 76.6 Å². The second-order valence-corrected chi connectivity index (χ2v) is 5.83. The smallest absolute Gasteiger partial charge is 0.255 e. The van der Waals surface area contributed by atoms with Gasteiger partial charge in [0.25, 0.3) is 5.91 Å². The molecular weight excluding hydrogens is 286 g/mol. The number of hydrogen-bond donors (Lipinski definition) is 1. The van der Waals surface area contributed by atoms with Crippen molar-refractivity contribution < 1.29 is 9.53 Å². The summed E-state index contributed by atoms with van der Waals surface area (Å²) in [6, 6.07) is 11.9. The first-order valence-corrected chi connectivity index (χ1v) is 7.57. The second kappa shape index (κ2) is 6.13. The lowest BCUT2D eigenvalue weighted by molar-refractivity contribution is -0.112. The molecule has 116 valence electrons. The lowest BCUT2D eigenvalue weighted by Crippen LogP contribution is -2.14. The third-order valence-electron chi connectivity index (χ3n) is 3.81. The number of rotatable bonds is 2. The van der Waals surface area contributed by atoms with Crippen molar-refractivity contribution in [1.82, 2.24) is 0 Å². The average Bonchev–Trinajstić information content (AvgIpc) is 2.72. The molecule has 2 aromatic carbocycles. The van der Waals surface area contributed by atoms with Crippen molar-refractivity contribution in [3.63, 3.8) is 0 Å². The first kappa shape index (κ1) is 15.1. The monoisotopic (exact) mass is 305 g/mol. The third kappa shape index (κ3) is 3.34. The summed E-state index contributed by atoms with van der Waals surface area (Å²) >= 11 is 0. The van der Waals surface area contributed by atoms with Gasteiger partial charge in [0.1, 0.15) is 5.75 Å². The Bertz CT molecular complexity index is 832. The van der Waals surface area contributed by atoms with Gasteiger partial charge in [-0.3, -0.25) is 4.79 Å². The van der Waals surface area contributed by atoms with Crippen LogP contribution in [-0.4, -0.2) is 5.91 Å². The van der Waals surface area contributed by atoms with Gasteiger partial charge in [0.2, 0.25) is 0 Å². The molecule has 0 fully saturated rings. The summed E-state index contributed by atoms with van der Waals surface area (Å²) in [5.41, 5.74) is 5.62. The highest BCUT2D eigenvalue weighted by Crippen LogP contribution is 2.26. The van der Waals surface area contributed by atoms with Crippen LogP contribution in [0.3, 0.4) is 0 Å². The molecule has 1 aliphatic rings. The van der Waals surface area contributed by atoms with Gasteiger partial charge in [0.15, 0.2) is 0 Å². The van der Waals surface area contributed by atoms with Crippen LogP contribution in [0.2, 0.25) is 0 Å². The highest BCUT2D eigenvalue weighted by molar-refractivity contribution is 6.09. The van der Waals surface area contributed by atoms with E-state index < -0.39 is 0 Å². The largest absolute Gasteiger partial charge is 0.464 e. The third-order valence-corrected chi connectivity index (χ3v) is 3.81. The maximum absolute atomic E-state index is 12.5. The predicted molar refractivity (Wildman–Crippen MR) is 93.5 cm³/mol. The molecular formula is C20H19NO2. The lowest BCUT2D eigenvalue weighted by Gasteiger charge is -2.09. The quantitative estimate of drug-likeness (QED) is 0.884. The average molecular weight is 305 g/mol. The minimum Gasteiger partial charge on any atom is -0.464 e. The van der Waals surface area contributed by atoms with Crippen molar-refractivity contribution in [2.45, 2.75) is 20.8 Å². The van der Waals surface area contributed by atoms with Crippen LogP contribution in [0.15, 0.2) is 54.3 Å². The van der Waals surface area contributed by atoms with Crippen LogP contribution in [-0.2, 0) is 4.79 Å². The Balaban J connectivity index is 1.88. The molecule has 0 unspecified atom stereocenters. The number of nitrogens with one attached hydrogen (secondary N) is 1. The van der Waals surface area contributed by atoms with Gasteiger partial charge in [0.05, 0.1) is 6.26 Å². The van der Waals surface area contributed by atoms with E-state index in [1.165, 1.54) is 5.56 Å². The molecule has 0 radical (unpaired) electrons. The molecule has 0 bridgehead atoms. The summed E-state index contributed by atoms with van der Waals surface area (Å²) in [5.74, 6) is 0.612. The number of carbonyl (C=O) groups excluding carboxylic acids is 1. The Hall–Kier alpha value is -2.81. The molecule has 3 heteroatoms. The van der Waals surface area contributed by atoms with E-state index in [-0.39, 0.29) is 5.91 Å². The zero-order chi connectivity index (χ0) is 16.4. The fourth-order valence-corrected chi connectivity index (χ4v) is 2.55. The van der Waals surface area contributed by atoms with Gasteiger partial charge in [-0.1, -0.05) is 29.8 Å². The molecule has 23 heavy (non-hydrogen) atoms. The Morgan fingerprint density at radius 2 is 1.74 bits per heavy atom. The summed E-state index contributed by atoms with van der Waals surface area (Å²) in [7, 11) is 0. The molecule has 0 aliphatic carbocycles. The van der Waals surface area contributed by atoms with E-state index in [2.05, 4.69) is 5.32 Å². The van der Waals surface area contributed by atoms with E-state index in [4.69, 9.17) is 4.74 Å². The Morgan fingerprint density at radius 1 is 1.00 bits per heavy atom. The molecule has 0 saturated carbocycles. The first-order valence-electron chi connectivity index (χ1n) is 7.57. The van der Waals surface area contributed by atoms with E-state index in [1.54, 1.807) is 12.3 Å². The minimum atomic E-state index is -0.148. The van der Waals surface area contributed by atoms with Crippen LogP contribution in [0, 0.1) is 20.8 Å². The van der Waals surface area contributed by atoms with Gasteiger partial charge in [-0.25, -0.2) is 0 Å². The van der Waals surface area contributed by atoms with Crippen molar-refractivity contribution in [2.24, 2.45) is 0 Å². The van der Waals surface area contributed by atoms with Gasteiger partial charge < -0.3 is 10.1 Å². The predicted octanol–water partition coefficient (Wildman–Crippen LogP) is 4.54. The molecule has 3 rings (SSSR count). The number of hydrogen-bond acceptors (Lipinski definition) is 2. The minimum absolute atomic E-state index is 0.148. The number of amides is 1. The van der Waals surface area contributed by atoms with Gasteiger partial charge in [-0.15, -0.1) is 0 Å². The molecule has 1 N–H and O–H groups in total. The zero-order valence-corrected chi connectivity index (χ0v) is 13.5. The topological polar surface area (TPSA) is 38.3 Å². The molecule has 0 atom stereocenters. The van der Waals surface area contributed by atoms with E-state index in [0.717, 1.165) is 28.1 Å². The molecule has 1 amide bonds. The van der Waals surface area contributed by atoms with Gasteiger partial charge in [-0.2, -0.15) is 0 Å². The normalized spacial score (nSPS) is 12.7. The second-order valence-electron chi connectivity index (χ2n) is 5.83. The maximum Gasteiger partial charge on any atom is 0.255 e. The fourth-order valence-electron chi connectivity index (χ4n) is 2.55. The van der Waals surface area contributed by atoms with E-state index in [1.807, 2.05) is 63.2 Å². The van der Waals surface area contributed by atoms with Crippen molar-refractivity contribution in [2.75, 3.05) is 5.32 Å². The van der Waals surface area contributed by atoms with Crippen LogP contribution < -0.4 is 10.1 Å². The Kier molecular flexibility index (Phi) is 4.02. The van der Waals surface area contributed by atoms with Gasteiger partial charge in [-0.05, 0) is 56.2 Å². The highest BCUT2D eigenvalue weighted by atomic mass is 16.5. The van der Waals surface area contributed by atoms with Crippen LogP contribution in [0.1, 0.15) is 22.3 Å². The van der Waals surface area contributed by atoms with Gasteiger partial charge in [0, 0.05) is 16.8 Å². The Morgan fingerprint density at radius 3 is 2.52 bits per heavy atom. The van der Waals surface area contributed by atoms with Crippen LogP contribution in [0.5, 0.6) is 5.75 Å². The molecule has 1 heterocycles. The number of ether oxygens (including phenoxy) is 1. The molecule has 3 nitrogen and oxygen atoms in total. The zero-order valence-electron chi connectivity index (χ0n) is 13.5. The maximum atomic E-state index is 12.5. The summed E-state index contributed by atoms with van der Waals surface area (Å²) in [5, 5.41) is 2.96. The lowest BCUT2D eigenvalue weighted by atomic mass is 10.1. The van der Waals surface area contributed by atoms with Crippen molar-refractivity contribution in [1.29, 1.82) is 0 Å². The SMILES string of the molecule is Cc1ccc(NC(=O)C2=Cc3ccc(C)cc3OC=C2)c(C)c1. The van der Waals surface area contributed by atoms with Gasteiger partial charge >= 0.3 is 0 Å². The summed E-state index contributed by atoms with van der Waals surface area (Å²) in [6.07, 6.45) is 5.09. The van der Waals surface area contributed by atoms with Crippen molar-refractivity contribution in [3.8, 4) is 5.75 Å². The summed E-state index contributed by atoms with van der Waals surface area (Å²) < 4.78 is 5.59. The van der Waals surface area contributed by atoms with Crippen molar-refractivity contribution >= 4 is 17.7 Å². The number of fused-ring (bicyclic) bond motifs is 1. The molecule has 0 aromatic heterocycles. The van der Waals surface area contributed by atoms with E-state index >= 15 is 0 Å². The Labute approximate surface area is 136 Å². The number of carbonyl (C=O) groups is 1. The number of anilines is 1. The molecule has 1 aliphatic heterocycles. The van der Waals surface area contributed by atoms with Crippen LogP contribution >= 0.6 is 0 Å². The molecule has 0 spiro atoms. The van der Waals surface area contributed by atoms with Crippen LogP contribution in [0.25, 0.3) is 6.08 Å². The molecule has 2 aromatic rings. The van der Waals surface area contributed by atoms with E-state index in [9.17, 15) is 4.79 Å².